The molecular formula is C15H19N3O5. The average molecular weight is 321 g/mol. The van der Waals surface area contributed by atoms with Crippen molar-refractivity contribution >= 4 is 17.5 Å². The van der Waals surface area contributed by atoms with Crippen LogP contribution < -0.4 is 0 Å². The lowest BCUT2D eigenvalue weighted by molar-refractivity contribution is -0.385. The Morgan fingerprint density at radius 1 is 1.43 bits per heavy atom. The summed E-state index contributed by atoms with van der Waals surface area (Å²) in [6.07, 6.45) is 1.30. The van der Waals surface area contributed by atoms with Crippen molar-refractivity contribution in [1.29, 1.82) is 0 Å². The minimum absolute atomic E-state index is 0.0327. The number of likely N-dealkylation sites (tertiary alicyclic amines) is 1. The lowest BCUT2D eigenvalue weighted by Crippen LogP contribution is -2.46. The van der Waals surface area contributed by atoms with Crippen molar-refractivity contribution in [3.63, 3.8) is 0 Å². The molecule has 23 heavy (non-hydrogen) atoms. The molecule has 0 N–H and O–H groups in total. The second-order valence-electron chi connectivity index (χ2n) is 5.43. The highest BCUT2D eigenvalue weighted by Gasteiger charge is 2.36. The normalized spacial score (nSPS) is 17.2. The maximum absolute atomic E-state index is 12.7. The van der Waals surface area contributed by atoms with E-state index >= 15 is 0 Å². The third-order valence-electron chi connectivity index (χ3n) is 4.02. The molecule has 2 amide bonds. The van der Waals surface area contributed by atoms with E-state index in [1.54, 1.807) is 6.92 Å². The predicted octanol–water partition coefficient (Wildman–Crippen LogP) is 1.53. The quantitative estimate of drug-likeness (QED) is 0.619. The number of aryl methyl sites for hydroxylation is 1. The maximum atomic E-state index is 12.7. The van der Waals surface area contributed by atoms with Gasteiger partial charge in [0.1, 0.15) is 6.04 Å². The minimum atomic E-state index is -0.567. The highest BCUT2D eigenvalue weighted by molar-refractivity contribution is 5.98. The van der Waals surface area contributed by atoms with Crippen molar-refractivity contribution in [2.75, 3.05) is 20.7 Å². The van der Waals surface area contributed by atoms with Crippen LogP contribution in [-0.4, -0.2) is 53.4 Å². The van der Waals surface area contributed by atoms with Crippen LogP contribution in [0.4, 0.5) is 5.69 Å². The molecule has 8 nitrogen and oxygen atoms in total. The van der Waals surface area contributed by atoms with Crippen molar-refractivity contribution in [1.82, 2.24) is 9.96 Å². The summed E-state index contributed by atoms with van der Waals surface area (Å²) in [5.74, 6) is -0.583. The molecule has 124 valence electrons. The van der Waals surface area contributed by atoms with Crippen molar-refractivity contribution in [3.8, 4) is 0 Å². The number of hydrogen-bond acceptors (Lipinski definition) is 5. The predicted molar refractivity (Wildman–Crippen MR) is 81.7 cm³/mol. The van der Waals surface area contributed by atoms with Gasteiger partial charge in [0.25, 0.3) is 17.5 Å². The van der Waals surface area contributed by atoms with Crippen LogP contribution in [0.25, 0.3) is 0 Å². The summed E-state index contributed by atoms with van der Waals surface area (Å²) >= 11 is 0. The number of carbonyl (C=O) groups is 2. The molecule has 0 aliphatic carbocycles. The molecule has 0 aromatic heterocycles. The lowest BCUT2D eigenvalue weighted by atomic mass is 10.1. The SMILES string of the molecule is CON(C)C(=O)[C@H]1CCCN1C(=O)c1ccc([N+](=O)[O-])c(C)c1. The number of benzene rings is 1. The van der Waals surface area contributed by atoms with Crippen LogP contribution in [0, 0.1) is 17.0 Å². The second kappa shape index (κ2) is 6.74. The van der Waals surface area contributed by atoms with E-state index in [1.165, 1.54) is 37.3 Å². The van der Waals surface area contributed by atoms with Gasteiger partial charge in [-0.3, -0.25) is 24.5 Å². The molecule has 1 aliphatic heterocycles. The molecule has 0 saturated carbocycles. The monoisotopic (exact) mass is 321 g/mol. The van der Waals surface area contributed by atoms with Crippen LogP contribution in [0.5, 0.6) is 0 Å². The summed E-state index contributed by atoms with van der Waals surface area (Å²) in [4.78, 5) is 41.7. The van der Waals surface area contributed by atoms with E-state index in [0.717, 1.165) is 11.5 Å². The fourth-order valence-electron chi connectivity index (χ4n) is 2.73. The first-order valence-corrected chi connectivity index (χ1v) is 7.24. The molecule has 1 aromatic carbocycles. The first-order chi connectivity index (χ1) is 10.9. The van der Waals surface area contributed by atoms with E-state index in [4.69, 9.17) is 4.84 Å². The van der Waals surface area contributed by atoms with Gasteiger partial charge in [0.05, 0.1) is 12.0 Å². The van der Waals surface area contributed by atoms with Crippen LogP contribution >= 0.6 is 0 Å². The summed E-state index contributed by atoms with van der Waals surface area (Å²) < 4.78 is 0. The topological polar surface area (TPSA) is 93.0 Å². The first kappa shape index (κ1) is 16.9. The summed E-state index contributed by atoms with van der Waals surface area (Å²) in [5, 5.41) is 12.0. The Labute approximate surface area is 133 Å². The van der Waals surface area contributed by atoms with Crippen LogP contribution in [0.3, 0.4) is 0 Å². The van der Waals surface area contributed by atoms with Gasteiger partial charge in [0.2, 0.25) is 0 Å². The van der Waals surface area contributed by atoms with Crippen molar-refractivity contribution in [2.45, 2.75) is 25.8 Å². The van der Waals surface area contributed by atoms with Crippen LogP contribution in [0.15, 0.2) is 18.2 Å². The molecular weight excluding hydrogens is 302 g/mol. The average Bonchev–Trinajstić information content (AvgIpc) is 3.01. The Balaban J connectivity index is 2.24. The Morgan fingerprint density at radius 3 is 2.70 bits per heavy atom. The Hall–Kier alpha value is -2.48. The molecule has 0 bridgehead atoms. The standard InChI is InChI=1S/C15H19N3O5/c1-10-9-11(6-7-12(10)18(21)22)14(19)17-8-4-5-13(17)15(20)16(2)23-3/h6-7,9,13H,4-5,8H2,1-3H3/t13-/m1/s1. The molecule has 1 aromatic rings. The van der Waals surface area contributed by atoms with Crippen molar-refractivity contribution in [3.05, 3.63) is 39.4 Å². The Bertz CT molecular complexity index is 646. The van der Waals surface area contributed by atoms with Gasteiger partial charge in [0, 0.05) is 30.8 Å². The highest BCUT2D eigenvalue weighted by atomic mass is 16.7. The fraction of sp³-hybridized carbons (Fsp3) is 0.467. The van der Waals surface area contributed by atoms with Gasteiger partial charge < -0.3 is 4.90 Å². The lowest BCUT2D eigenvalue weighted by Gasteiger charge is -2.26. The van der Waals surface area contributed by atoms with E-state index in [-0.39, 0.29) is 17.5 Å². The van der Waals surface area contributed by atoms with Crippen LogP contribution in [0.2, 0.25) is 0 Å². The second-order valence-corrected chi connectivity index (χ2v) is 5.43. The van der Waals surface area contributed by atoms with Gasteiger partial charge in [-0.05, 0) is 31.9 Å². The zero-order valence-corrected chi connectivity index (χ0v) is 13.3. The van der Waals surface area contributed by atoms with E-state index in [1.807, 2.05) is 0 Å². The smallest absolute Gasteiger partial charge is 0.272 e. The van der Waals surface area contributed by atoms with Gasteiger partial charge >= 0.3 is 0 Å². The van der Waals surface area contributed by atoms with E-state index in [9.17, 15) is 19.7 Å². The first-order valence-electron chi connectivity index (χ1n) is 7.24. The summed E-state index contributed by atoms with van der Waals surface area (Å²) in [7, 11) is 2.89. The Morgan fingerprint density at radius 2 is 2.13 bits per heavy atom. The van der Waals surface area contributed by atoms with Gasteiger partial charge in [-0.15, -0.1) is 0 Å². The number of nitro benzene ring substituents is 1. The largest absolute Gasteiger partial charge is 0.327 e. The molecule has 1 aliphatic rings. The molecule has 1 saturated heterocycles. The molecule has 0 unspecified atom stereocenters. The zero-order chi connectivity index (χ0) is 17.1. The molecule has 1 heterocycles. The van der Waals surface area contributed by atoms with E-state index in [2.05, 4.69) is 0 Å². The summed E-state index contributed by atoms with van der Waals surface area (Å²) in [6.45, 7) is 2.06. The Kier molecular flexibility index (Phi) is 4.95. The van der Waals surface area contributed by atoms with Gasteiger partial charge in [0.15, 0.2) is 0 Å². The molecule has 0 radical (unpaired) electrons. The van der Waals surface area contributed by atoms with Crippen LogP contribution in [0.1, 0.15) is 28.8 Å². The minimum Gasteiger partial charge on any atom is -0.327 e. The number of rotatable bonds is 4. The maximum Gasteiger partial charge on any atom is 0.272 e. The fourth-order valence-corrected chi connectivity index (χ4v) is 2.73. The number of likely N-dealkylation sites (N-methyl/N-ethyl adjacent to an activating group) is 1. The number of nitro groups is 1. The molecule has 1 fully saturated rings. The molecule has 1 atom stereocenters. The third-order valence-corrected chi connectivity index (χ3v) is 4.02. The van der Waals surface area contributed by atoms with Crippen molar-refractivity contribution < 1.29 is 19.3 Å². The van der Waals surface area contributed by atoms with E-state index in [0.29, 0.717) is 24.1 Å². The highest BCUT2D eigenvalue weighted by Crippen LogP contribution is 2.24. The number of hydroxylamine groups is 2. The van der Waals surface area contributed by atoms with Gasteiger partial charge in [-0.1, -0.05) is 0 Å². The number of amides is 2. The van der Waals surface area contributed by atoms with Gasteiger partial charge in [-0.25, -0.2) is 5.06 Å². The molecule has 8 heteroatoms. The van der Waals surface area contributed by atoms with Gasteiger partial charge in [-0.2, -0.15) is 0 Å². The molecule has 0 spiro atoms. The zero-order valence-electron chi connectivity index (χ0n) is 13.3. The number of nitrogens with zero attached hydrogens (tertiary/aromatic N) is 3. The van der Waals surface area contributed by atoms with Crippen LogP contribution in [-0.2, 0) is 9.63 Å². The molecule has 2 rings (SSSR count). The number of hydrogen-bond donors (Lipinski definition) is 0. The third kappa shape index (κ3) is 3.31. The summed E-state index contributed by atoms with van der Waals surface area (Å²) in [5.41, 5.74) is 0.722. The van der Waals surface area contributed by atoms with E-state index < -0.39 is 11.0 Å². The summed E-state index contributed by atoms with van der Waals surface area (Å²) in [6, 6.07) is 3.66. The van der Waals surface area contributed by atoms with Crippen molar-refractivity contribution in [2.24, 2.45) is 0 Å². The number of carbonyl (C=O) groups excluding carboxylic acids is 2.